The summed E-state index contributed by atoms with van der Waals surface area (Å²) in [6.07, 6.45) is 0. The van der Waals surface area contributed by atoms with Crippen LogP contribution in [-0.4, -0.2) is 37.4 Å². The van der Waals surface area contributed by atoms with Gasteiger partial charge < -0.3 is 4.74 Å². The molecule has 0 bridgehead atoms. The summed E-state index contributed by atoms with van der Waals surface area (Å²) in [7, 11) is 1.60. The average Bonchev–Trinajstić information content (AvgIpc) is 2.36. The fourth-order valence-electron chi connectivity index (χ4n) is 2.40. The summed E-state index contributed by atoms with van der Waals surface area (Å²) in [5.74, 6) is 1.90. The highest BCUT2D eigenvalue weighted by Gasteiger charge is 2.17. The number of methoxy groups -OCH3 is 1. The van der Waals surface area contributed by atoms with E-state index in [1.165, 1.54) is 0 Å². The van der Waals surface area contributed by atoms with E-state index in [1.54, 1.807) is 7.11 Å². The summed E-state index contributed by atoms with van der Waals surface area (Å²) in [5, 5.41) is 0. The highest BCUT2D eigenvalue weighted by Crippen LogP contribution is 2.18. The molecule has 3 heteroatoms. The zero-order chi connectivity index (χ0) is 15.1. The van der Waals surface area contributed by atoms with Crippen molar-refractivity contribution < 1.29 is 9.53 Å². The van der Waals surface area contributed by atoms with Crippen LogP contribution in [0.15, 0.2) is 24.3 Å². The molecule has 1 aromatic carbocycles. The molecule has 112 valence electrons. The normalized spacial score (nSPS) is 11.4. The topological polar surface area (TPSA) is 29.5 Å². The van der Waals surface area contributed by atoms with Crippen LogP contribution < -0.4 is 4.74 Å². The Balaban J connectivity index is 2.79. The fourth-order valence-corrected chi connectivity index (χ4v) is 2.40. The van der Waals surface area contributed by atoms with Crippen LogP contribution in [0.3, 0.4) is 0 Å². The zero-order valence-electron chi connectivity index (χ0n) is 13.3. The lowest BCUT2D eigenvalue weighted by atomic mass is 10.1. The van der Waals surface area contributed by atoms with Crippen LogP contribution in [0, 0.1) is 11.8 Å². The molecule has 0 aromatic heterocycles. The second-order valence-corrected chi connectivity index (χ2v) is 6.11. The van der Waals surface area contributed by atoms with Gasteiger partial charge in [-0.3, -0.25) is 9.69 Å². The molecule has 20 heavy (non-hydrogen) atoms. The van der Waals surface area contributed by atoms with Crippen molar-refractivity contribution >= 4 is 5.78 Å². The number of Topliss-reactive ketones (excluding diaryl/α,β-unsaturated/α-hetero) is 1. The van der Waals surface area contributed by atoms with E-state index in [9.17, 15) is 4.79 Å². The molecule has 1 aromatic rings. The third-order valence-corrected chi connectivity index (χ3v) is 3.02. The number of rotatable bonds is 8. The molecular weight excluding hydrogens is 250 g/mol. The molecule has 0 spiro atoms. The Morgan fingerprint density at radius 3 is 2.15 bits per heavy atom. The molecule has 0 atom stereocenters. The van der Waals surface area contributed by atoms with E-state index in [0.717, 1.165) is 13.1 Å². The van der Waals surface area contributed by atoms with E-state index < -0.39 is 0 Å². The van der Waals surface area contributed by atoms with E-state index in [1.807, 2.05) is 24.3 Å². The molecule has 0 aliphatic carbocycles. The molecule has 0 fully saturated rings. The molecule has 0 saturated heterocycles. The van der Waals surface area contributed by atoms with Gasteiger partial charge >= 0.3 is 0 Å². The van der Waals surface area contributed by atoms with Crippen LogP contribution in [-0.2, 0) is 0 Å². The molecule has 3 nitrogen and oxygen atoms in total. The van der Waals surface area contributed by atoms with Gasteiger partial charge in [0.25, 0.3) is 0 Å². The van der Waals surface area contributed by atoms with E-state index in [4.69, 9.17) is 4.74 Å². The number of benzene rings is 1. The van der Waals surface area contributed by atoms with Crippen molar-refractivity contribution in [2.75, 3.05) is 26.7 Å². The summed E-state index contributed by atoms with van der Waals surface area (Å²) in [6, 6.07) is 7.44. The van der Waals surface area contributed by atoms with Crippen LogP contribution in [0.2, 0.25) is 0 Å². The van der Waals surface area contributed by atoms with Crippen LogP contribution in [0.5, 0.6) is 5.75 Å². The number of ketones is 1. The van der Waals surface area contributed by atoms with Crippen molar-refractivity contribution in [2.24, 2.45) is 11.8 Å². The van der Waals surface area contributed by atoms with Gasteiger partial charge in [-0.2, -0.15) is 0 Å². The summed E-state index contributed by atoms with van der Waals surface area (Å²) >= 11 is 0. The Morgan fingerprint density at radius 1 is 1.10 bits per heavy atom. The third-order valence-electron chi connectivity index (χ3n) is 3.02. The lowest BCUT2D eigenvalue weighted by Gasteiger charge is -2.25. The predicted octanol–water partition coefficient (Wildman–Crippen LogP) is 3.49. The Labute approximate surface area is 122 Å². The number of para-hydroxylation sites is 1. The largest absolute Gasteiger partial charge is 0.496 e. The minimum atomic E-state index is 0.128. The van der Waals surface area contributed by atoms with Gasteiger partial charge in [0.05, 0.1) is 19.2 Å². The molecule has 0 aliphatic heterocycles. The average molecular weight is 277 g/mol. The van der Waals surface area contributed by atoms with Gasteiger partial charge in [0, 0.05) is 13.1 Å². The smallest absolute Gasteiger partial charge is 0.180 e. The molecule has 0 radical (unpaired) electrons. The number of ether oxygens (including phenoxy) is 1. The van der Waals surface area contributed by atoms with E-state index in [-0.39, 0.29) is 5.78 Å². The number of nitrogens with zero attached hydrogens (tertiary/aromatic N) is 1. The first-order valence-corrected chi connectivity index (χ1v) is 7.32. The fraction of sp³-hybridized carbons (Fsp3) is 0.588. The SMILES string of the molecule is COc1ccccc1C(=O)CN(CC(C)C)CC(C)C. The molecular formula is C17H27NO2. The maximum Gasteiger partial charge on any atom is 0.180 e. The Bertz CT molecular complexity index is 417. The number of hydrogen-bond donors (Lipinski definition) is 0. The van der Waals surface area contributed by atoms with Crippen molar-refractivity contribution in [1.82, 2.24) is 4.90 Å². The highest BCUT2D eigenvalue weighted by molar-refractivity contribution is 6.00. The van der Waals surface area contributed by atoms with Gasteiger partial charge in [-0.05, 0) is 24.0 Å². The minimum Gasteiger partial charge on any atom is -0.496 e. The molecule has 0 aliphatic rings. The Morgan fingerprint density at radius 2 is 1.65 bits per heavy atom. The highest BCUT2D eigenvalue weighted by atomic mass is 16.5. The van der Waals surface area contributed by atoms with E-state index in [0.29, 0.717) is 29.7 Å². The second kappa shape index (κ2) is 8.05. The quantitative estimate of drug-likeness (QED) is 0.681. The zero-order valence-corrected chi connectivity index (χ0v) is 13.3. The van der Waals surface area contributed by atoms with E-state index in [2.05, 4.69) is 32.6 Å². The Kier molecular flexibility index (Phi) is 6.73. The summed E-state index contributed by atoms with van der Waals surface area (Å²) < 4.78 is 5.27. The van der Waals surface area contributed by atoms with Crippen molar-refractivity contribution in [3.63, 3.8) is 0 Å². The van der Waals surface area contributed by atoms with E-state index >= 15 is 0 Å². The standard InChI is InChI=1S/C17H27NO2/c1-13(2)10-18(11-14(3)4)12-16(19)15-8-6-7-9-17(15)20-5/h6-9,13-14H,10-12H2,1-5H3. The van der Waals surface area contributed by atoms with Gasteiger partial charge in [-0.15, -0.1) is 0 Å². The van der Waals surface area contributed by atoms with Crippen LogP contribution >= 0.6 is 0 Å². The van der Waals surface area contributed by atoms with Gasteiger partial charge in [0.1, 0.15) is 5.75 Å². The maximum atomic E-state index is 12.5. The molecule has 0 unspecified atom stereocenters. The van der Waals surface area contributed by atoms with Gasteiger partial charge in [0.15, 0.2) is 5.78 Å². The first-order chi connectivity index (χ1) is 9.43. The van der Waals surface area contributed by atoms with Gasteiger partial charge in [0.2, 0.25) is 0 Å². The lowest BCUT2D eigenvalue weighted by molar-refractivity contribution is 0.0909. The minimum absolute atomic E-state index is 0.128. The lowest BCUT2D eigenvalue weighted by Crippen LogP contribution is -2.36. The van der Waals surface area contributed by atoms with Crippen LogP contribution in [0.4, 0.5) is 0 Å². The van der Waals surface area contributed by atoms with Crippen molar-refractivity contribution in [3.05, 3.63) is 29.8 Å². The Hall–Kier alpha value is -1.35. The second-order valence-electron chi connectivity index (χ2n) is 6.11. The first kappa shape index (κ1) is 16.7. The molecule has 0 amide bonds. The molecule has 0 saturated carbocycles. The first-order valence-electron chi connectivity index (χ1n) is 7.32. The predicted molar refractivity (Wildman–Crippen MR) is 83.4 cm³/mol. The molecule has 1 rings (SSSR count). The summed E-state index contributed by atoms with van der Waals surface area (Å²) in [4.78, 5) is 14.7. The van der Waals surface area contributed by atoms with Crippen molar-refractivity contribution in [1.29, 1.82) is 0 Å². The summed E-state index contributed by atoms with van der Waals surface area (Å²) in [6.45, 7) is 11.1. The monoisotopic (exact) mass is 277 g/mol. The third kappa shape index (κ3) is 5.33. The molecule has 0 heterocycles. The van der Waals surface area contributed by atoms with Gasteiger partial charge in [-0.25, -0.2) is 0 Å². The maximum absolute atomic E-state index is 12.5. The number of hydrogen-bond acceptors (Lipinski definition) is 3. The van der Waals surface area contributed by atoms with Crippen molar-refractivity contribution in [2.45, 2.75) is 27.7 Å². The summed E-state index contributed by atoms with van der Waals surface area (Å²) in [5.41, 5.74) is 0.674. The van der Waals surface area contributed by atoms with Crippen LogP contribution in [0.25, 0.3) is 0 Å². The number of carbonyl (C=O) groups excluding carboxylic acids is 1. The molecule has 0 N–H and O–H groups in total. The van der Waals surface area contributed by atoms with Crippen molar-refractivity contribution in [3.8, 4) is 5.75 Å². The number of carbonyl (C=O) groups is 1. The van der Waals surface area contributed by atoms with Gasteiger partial charge in [-0.1, -0.05) is 39.8 Å². The van der Waals surface area contributed by atoms with Crippen LogP contribution in [0.1, 0.15) is 38.1 Å².